The van der Waals surface area contributed by atoms with Crippen molar-refractivity contribution in [3.05, 3.63) is 285 Å². The maximum absolute atomic E-state index is 7.38. The van der Waals surface area contributed by atoms with Gasteiger partial charge in [0, 0.05) is 104 Å². The Morgan fingerprint density at radius 1 is 0.252 bits per heavy atom. The fourth-order valence-electron chi connectivity index (χ4n) is 21.0. The lowest BCUT2D eigenvalue weighted by atomic mass is 9.29. The molecule has 1 N–H and O–H groups in total. The van der Waals surface area contributed by atoms with Crippen molar-refractivity contribution in [2.45, 2.75) is 39.3 Å². The van der Waals surface area contributed by atoms with Crippen molar-refractivity contribution < 1.29 is 4.74 Å². The fourth-order valence-corrected chi connectivity index (χ4v) is 32.1. The van der Waals surface area contributed by atoms with Gasteiger partial charge in [0.05, 0.1) is 34.1 Å². The first-order valence-electron chi connectivity index (χ1n) is 38.6. The number of hydrogen-bond acceptors (Lipinski definition) is 12. The molecule has 0 amide bonds. The highest BCUT2D eigenvalue weighted by Gasteiger charge is 2.52. The SMILES string of the molecule is CSN1c2cc3c(cc2B2c4ccccc4Oc4cc(N5c6ccccc6[Si](C)(C)c6ccccc65)cc1c42)B1c2cc4c(cc2N(SC)c2cc(N5c6ccccc6[Si](C)(C)c6ccccc65)cc(c21)N3SC)Nc1cc(N2c3ccccc3[Si](C)(C)c3ccccc32)cc2c1B4c1ccccc1N2c1ccccc1. The van der Waals surface area contributed by atoms with E-state index in [0.717, 1.165) is 51.3 Å². The summed E-state index contributed by atoms with van der Waals surface area (Å²) in [6.07, 6.45) is 6.82. The maximum Gasteiger partial charge on any atom is 0.256 e. The van der Waals surface area contributed by atoms with Crippen molar-refractivity contribution in [3.8, 4) is 11.5 Å². The Morgan fingerprint density at radius 2 is 0.604 bits per heavy atom. The summed E-state index contributed by atoms with van der Waals surface area (Å²) in [4.78, 5) is 10.2. The Balaban J connectivity index is 0.775. The van der Waals surface area contributed by atoms with Crippen LogP contribution in [0, 0.1) is 0 Å². The van der Waals surface area contributed by atoms with Gasteiger partial charge in [-0.15, -0.1) is 0 Å². The Bertz CT molecular complexity index is 6290. The molecule has 532 valence electrons. The third kappa shape index (κ3) is 8.97. The summed E-state index contributed by atoms with van der Waals surface area (Å²) in [5, 5.41) is 13.0. The molecule has 0 atom stereocenters. The zero-order valence-electron chi connectivity index (χ0n) is 63.1. The van der Waals surface area contributed by atoms with Crippen molar-refractivity contribution in [3.63, 3.8) is 0 Å². The first-order valence-corrected chi connectivity index (χ1v) is 51.2. The third-order valence-electron chi connectivity index (χ3n) is 25.9. The minimum atomic E-state index is -2.16. The first kappa shape index (κ1) is 66.0. The standard InChI is InChI=1S/C93H75B3N8OS3Si3/c1-106-102-76-55-67-63(94-61-31-13-15-33-69(61)98(57-29-11-10-12-30-57)79-48-58(47-68(97-67)91(79)94)99-70-34-16-23-41-85(70)109(4,5)86-42-24-17-35-71(86)99)53-64(76)96-66-54-65-77(56-78(66)103(107-2)81-50-59(49-80(102)92(81)96)100-72-36-18-25-43-87(72)110(6,7)88-44-26-19-37-73(88)100)104(108-3)82-51-60(52-84-93(82)95(65)62-32-14-22-40-83(62)105-84)101-74-38-20-27-45-89(74)111(8,9)90-46-28-21-39-75(90)101/h10-56,97H,1-9H3. The van der Waals surface area contributed by atoms with Crippen LogP contribution in [0.15, 0.2) is 285 Å². The van der Waals surface area contributed by atoms with E-state index in [1.165, 1.54) is 154 Å². The van der Waals surface area contributed by atoms with Crippen LogP contribution in [0.3, 0.4) is 0 Å². The minimum Gasteiger partial charge on any atom is -0.458 e. The van der Waals surface area contributed by atoms with Gasteiger partial charge in [-0.3, -0.25) is 12.9 Å². The summed E-state index contributed by atoms with van der Waals surface area (Å²) in [5.41, 5.74) is 35.0. The van der Waals surface area contributed by atoms with Crippen LogP contribution in [0.25, 0.3) is 0 Å². The molecular weight excluding hydrogens is 1460 g/mol. The lowest BCUT2D eigenvalue weighted by Crippen LogP contribution is -2.66. The second kappa shape index (κ2) is 23.9. The average molecular weight is 1530 g/mol. The van der Waals surface area contributed by atoms with Gasteiger partial charge >= 0.3 is 0 Å². The van der Waals surface area contributed by atoms with E-state index in [4.69, 9.17) is 4.74 Å². The van der Waals surface area contributed by atoms with Crippen LogP contribution >= 0.6 is 35.8 Å². The normalized spacial score (nSPS) is 16.1. The van der Waals surface area contributed by atoms with Gasteiger partial charge in [0.1, 0.15) is 35.7 Å². The predicted molar refractivity (Wildman–Crippen MR) is 492 cm³/mol. The molecule has 0 unspecified atom stereocenters. The molecule has 0 fully saturated rings. The summed E-state index contributed by atoms with van der Waals surface area (Å²) in [5.74, 6) is 1.78. The zero-order valence-corrected chi connectivity index (χ0v) is 68.6. The number of fused-ring (bicyclic) bond motifs is 18. The largest absolute Gasteiger partial charge is 0.458 e. The molecule has 9 heterocycles. The van der Waals surface area contributed by atoms with Gasteiger partial charge < -0.3 is 29.7 Å². The molecule has 0 saturated carbocycles. The number of rotatable bonds is 7. The summed E-state index contributed by atoms with van der Waals surface area (Å²) in [6, 6.07) is 110. The highest BCUT2D eigenvalue weighted by atomic mass is 32.2. The van der Waals surface area contributed by atoms with Crippen molar-refractivity contribution in [2.75, 3.05) is 56.6 Å². The van der Waals surface area contributed by atoms with Crippen LogP contribution in [-0.2, 0) is 0 Å². The predicted octanol–water partition coefficient (Wildman–Crippen LogP) is 15.2. The van der Waals surface area contributed by atoms with Gasteiger partial charge in [-0.2, -0.15) is 0 Å². The minimum absolute atomic E-state index is 0.129. The molecular formula is C93H75B3N8OS3Si3. The molecule has 0 bridgehead atoms. The van der Waals surface area contributed by atoms with Crippen LogP contribution in [-0.4, -0.2) is 63.1 Å². The van der Waals surface area contributed by atoms with Crippen molar-refractivity contribution in [1.29, 1.82) is 0 Å². The molecule has 9 aliphatic rings. The van der Waals surface area contributed by atoms with Crippen LogP contribution in [0.2, 0.25) is 39.3 Å². The number of ether oxygens (including phenoxy) is 1. The maximum atomic E-state index is 7.38. The number of anilines is 20. The lowest BCUT2D eigenvalue weighted by Gasteiger charge is -2.47. The van der Waals surface area contributed by atoms with Gasteiger partial charge in [-0.05, 0) is 219 Å². The second-order valence-corrected chi connectivity index (χ2v) is 47.6. The van der Waals surface area contributed by atoms with Crippen LogP contribution in [0.4, 0.5) is 114 Å². The number of nitrogens with zero attached hydrogens (tertiary/aromatic N) is 7. The van der Waals surface area contributed by atoms with Gasteiger partial charge in [-0.1, -0.05) is 215 Å². The molecule has 9 aliphatic heterocycles. The van der Waals surface area contributed by atoms with Crippen molar-refractivity contribution in [2.24, 2.45) is 0 Å². The van der Waals surface area contributed by atoms with Gasteiger partial charge in [0.25, 0.3) is 20.1 Å². The van der Waals surface area contributed by atoms with Crippen molar-refractivity contribution >= 4 is 274 Å². The van der Waals surface area contributed by atoms with E-state index < -0.39 is 24.2 Å². The Labute approximate surface area is 666 Å². The van der Waals surface area contributed by atoms with E-state index in [0.29, 0.717) is 0 Å². The van der Waals surface area contributed by atoms with Crippen LogP contribution in [0.1, 0.15) is 0 Å². The second-order valence-electron chi connectivity index (χ2n) is 32.4. The van der Waals surface area contributed by atoms with E-state index in [-0.39, 0.29) is 20.1 Å². The molecule has 111 heavy (non-hydrogen) atoms. The molecule has 9 nitrogen and oxygen atoms in total. The number of nitrogens with one attached hydrogen (secondary N) is 1. The summed E-state index contributed by atoms with van der Waals surface area (Å²) in [6.45, 7) is 14.6. The zero-order chi connectivity index (χ0) is 74.4. The van der Waals surface area contributed by atoms with E-state index in [1.807, 2.05) is 11.9 Å². The lowest BCUT2D eigenvalue weighted by molar-refractivity contribution is 0.487. The molecule has 14 aromatic carbocycles. The van der Waals surface area contributed by atoms with E-state index >= 15 is 0 Å². The first-order chi connectivity index (χ1) is 54.2. The van der Waals surface area contributed by atoms with Gasteiger partial charge in [-0.25, -0.2) is 0 Å². The highest BCUT2D eigenvalue weighted by molar-refractivity contribution is 8.01. The molecule has 0 spiro atoms. The summed E-state index contributed by atoms with van der Waals surface area (Å²) >= 11 is 5.39. The van der Waals surface area contributed by atoms with Crippen LogP contribution < -0.4 is 123 Å². The van der Waals surface area contributed by atoms with Gasteiger partial charge in [0.2, 0.25) is 0 Å². The number of hydrogen-bond donors (Lipinski definition) is 1. The number of para-hydroxylation sites is 9. The average Bonchev–Trinajstić information content (AvgIpc) is 0.654. The molecule has 0 radical (unpaired) electrons. The van der Waals surface area contributed by atoms with Crippen molar-refractivity contribution in [1.82, 2.24) is 0 Å². The molecule has 18 heteroatoms. The molecule has 0 saturated heterocycles. The highest BCUT2D eigenvalue weighted by Crippen LogP contribution is 2.53. The molecule has 14 aromatic rings. The quantitative estimate of drug-likeness (QED) is 0.122. The monoisotopic (exact) mass is 1530 g/mol. The Hall–Kier alpha value is -10.8. The van der Waals surface area contributed by atoms with E-state index in [1.54, 1.807) is 23.9 Å². The Kier molecular flexibility index (Phi) is 14.2. The summed E-state index contributed by atoms with van der Waals surface area (Å²) < 4.78 is 15.1. The summed E-state index contributed by atoms with van der Waals surface area (Å²) in [7, 11) is -6.38. The Morgan fingerprint density at radius 3 is 1.08 bits per heavy atom. The topological polar surface area (TPSA) is 43.9 Å². The molecule has 23 rings (SSSR count). The molecule has 0 aromatic heterocycles. The van der Waals surface area contributed by atoms with E-state index in [2.05, 4.69) is 381 Å². The van der Waals surface area contributed by atoms with E-state index in [9.17, 15) is 0 Å². The fraction of sp³-hybridized carbons (Fsp3) is 0.0968. The third-order valence-corrected chi connectivity index (χ3v) is 38.8. The molecule has 0 aliphatic carbocycles. The van der Waals surface area contributed by atoms with Crippen LogP contribution in [0.5, 0.6) is 11.5 Å². The van der Waals surface area contributed by atoms with Gasteiger partial charge in [0.15, 0.2) is 0 Å². The number of benzene rings is 14. The smallest absolute Gasteiger partial charge is 0.256 e.